The van der Waals surface area contributed by atoms with Crippen LogP contribution < -0.4 is 4.72 Å². The minimum absolute atomic E-state index is 0. The highest BCUT2D eigenvalue weighted by atomic mass is 35.5. The van der Waals surface area contributed by atoms with E-state index in [0.29, 0.717) is 36.4 Å². The summed E-state index contributed by atoms with van der Waals surface area (Å²) in [4.78, 5) is 18.2. The monoisotopic (exact) mass is 481 g/mol. The Labute approximate surface area is 193 Å². The molecule has 0 amide bonds. The number of carboxylic acid groups (broad SMARTS) is 1. The van der Waals surface area contributed by atoms with E-state index >= 15 is 0 Å². The van der Waals surface area contributed by atoms with Gasteiger partial charge in [-0.3, -0.25) is 14.7 Å². The standard InChI is InChI=1S/C22H26ClN3O4S.H2O/c1-2-3-7-19(22(27)28)20-8-5-14-26(20)21(16-6-4-13-24-15-16)25-31(29,30)18-11-9-17(23)10-12-18;/h2,4,6,9-13,15,19-21,25H,1,3,5,7-8,14H2,(H,27,28);1H2. The molecule has 174 valence electrons. The van der Waals surface area contributed by atoms with E-state index in [0.717, 1.165) is 6.42 Å². The molecule has 1 aliphatic heterocycles. The summed E-state index contributed by atoms with van der Waals surface area (Å²) in [6, 6.07) is 9.13. The van der Waals surface area contributed by atoms with Crippen molar-refractivity contribution in [1.82, 2.24) is 14.6 Å². The van der Waals surface area contributed by atoms with Gasteiger partial charge in [0.15, 0.2) is 0 Å². The number of hydrogen-bond donors (Lipinski definition) is 2. The normalized spacial score (nSPS) is 18.5. The molecular formula is C22H28ClN3O5S. The number of hydrogen-bond acceptors (Lipinski definition) is 5. The summed E-state index contributed by atoms with van der Waals surface area (Å²) in [6.45, 7) is 4.27. The van der Waals surface area contributed by atoms with Crippen LogP contribution in [0.5, 0.6) is 0 Å². The number of carbonyl (C=O) groups is 1. The van der Waals surface area contributed by atoms with Crippen LogP contribution in [0.3, 0.4) is 0 Å². The topological polar surface area (TPSA) is 131 Å². The zero-order valence-corrected chi connectivity index (χ0v) is 19.1. The van der Waals surface area contributed by atoms with E-state index in [2.05, 4.69) is 16.3 Å². The maximum Gasteiger partial charge on any atom is 0.308 e. The highest BCUT2D eigenvalue weighted by molar-refractivity contribution is 7.89. The van der Waals surface area contributed by atoms with Crippen LogP contribution in [0.4, 0.5) is 0 Å². The van der Waals surface area contributed by atoms with Gasteiger partial charge in [0.1, 0.15) is 6.17 Å². The Bertz CT molecular complexity index is 1000. The summed E-state index contributed by atoms with van der Waals surface area (Å²) in [5.41, 5.74) is 0.653. The number of rotatable bonds is 10. The van der Waals surface area contributed by atoms with Gasteiger partial charge < -0.3 is 10.6 Å². The van der Waals surface area contributed by atoms with Gasteiger partial charge in [-0.2, -0.15) is 4.72 Å². The number of aromatic nitrogens is 1. The predicted octanol–water partition coefficient (Wildman–Crippen LogP) is 3.02. The van der Waals surface area contributed by atoms with Crippen molar-refractivity contribution in [3.8, 4) is 0 Å². The number of nitrogens with one attached hydrogen (secondary N) is 1. The van der Waals surface area contributed by atoms with Crippen LogP contribution in [0.15, 0.2) is 66.3 Å². The van der Waals surface area contributed by atoms with Gasteiger partial charge in [0.05, 0.1) is 10.8 Å². The molecule has 1 fully saturated rings. The highest BCUT2D eigenvalue weighted by Gasteiger charge is 2.40. The summed E-state index contributed by atoms with van der Waals surface area (Å²) in [5, 5.41) is 10.3. The van der Waals surface area contributed by atoms with Gasteiger partial charge in [0.25, 0.3) is 0 Å². The third-order valence-corrected chi connectivity index (χ3v) is 7.21. The van der Waals surface area contributed by atoms with Gasteiger partial charge in [-0.1, -0.05) is 23.7 Å². The molecule has 0 saturated carbocycles. The Morgan fingerprint density at radius 1 is 1.34 bits per heavy atom. The van der Waals surface area contributed by atoms with Crippen LogP contribution in [0, 0.1) is 5.92 Å². The molecule has 3 rings (SSSR count). The number of pyridine rings is 1. The third kappa shape index (κ3) is 6.14. The molecule has 0 bridgehead atoms. The number of likely N-dealkylation sites (tertiary alicyclic amines) is 1. The molecule has 1 saturated heterocycles. The second-order valence-electron chi connectivity index (χ2n) is 7.52. The van der Waals surface area contributed by atoms with Gasteiger partial charge in [-0.05, 0) is 56.0 Å². The average Bonchev–Trinajstić information content (AvgIpc) is 3.22. The van der Waals surface area contributed by atoms with Crippen molar-refractivity contribution < 1.29 is 23.8 Å². The molecule has 2 heterocycles. The molecule has 2 aromatic rings. The summed E-state index contributed by atoms with van der Waals surface area (Å²) < 4.78 is 29.0. The Morgan fingerprint density at radius 2 is 2.06 bits per heavy atom. The third-order valence-electron chi connectivity index (χ3n) is 5.53. The van der Waals surface area contributed by atoms with E-state index in [1.165, 1.54) is 24.3 Å². The van der Waals surface area contributed by atoms with Gasteiger partial charge in [-0.25, -0.2) is 8.42 Å². The number of benzene rings is 1. The maximum absolute atomic E-state index is 13.1. The summed E-state index contributed by atoms with van der Waals surface area (Å²) in [6.07, 6.45) is 6.66. The van der Waals surface area contributed by atoms with Crippen LogP contribution in [-0.4, -0.2) is 47.4 Å². The molecule has 0 spiro atoms. The van der Waals surface area contributed by atoms with E-state index in [-0.39, 0.29) is 16.4 Å². The van der Waals surface area contributed by atoms with Crippen molar-refractivity contribution in [2.45, 2.75) is 42.8 Å². The van der Waals surface area contributed by atoms with Crippen molar-refractivity contribution in [3.63, 3.8) is 0 Å². The SMILES string of the molecule is C=CCCC(C(=O)O)C1CCCN1C(NS(=O)(=O)c1ccc(Cl)cc1)c1cccnc1.O. The van der Waals surface area contributed by atoms with E-state index < -0.39 is 28.1 Å². The Balaban J connectivity index is 0.00000363. The van der Waals surface area contributed by atoms with E-state index in [4.69, 9.17) is 11.6 Å². The van der Waals surface area contributed by atoms with Crippen LogP contribution in [-0.2, 0) is 14.8 Å². The molecule has 4 N–H and O–H groups in total. The molecule has 0 radical (unpaired) electrons. The van der Waals surface area contributed by atoms with Crippen molar-refractivity contribution in [2.75, 3.05) is 6.54 Å². The smallest absolute Gasteiger partial charge is 0.308 e. The lowest BCUT2D eigenvalue weighted by Crippen LogP contribution is -2.47. The van der Waals surface area contributed by atoms with Crippen LogP contribution in [0.1, 0.15) is 37.4 Å². The molecule has 3 unspecified atom stereocenters. The second kappa shape index (κ2) is 11.5. The minimum Gasteiger partial charge on any atom is -0.481 e. The summed E-state index contributed by atoms with van der Waals surface area (Å²) >= 11 is 5.90. The molecule has 1 aromatic carbocycles. The fraction of sp³-hybridized carbons (Fsp3) is 0.364. The van der Waals surface area contributed by atoms with Crippen molar-refractivity contribution in [1.29, 1.82) is 0 Å². The number of sulfonamides is 1. The fourth-order valence-corrected chi connectivity index (χ4v) is 5.36. The van der Waals surface area contributed by atoms with Crippen LogP contribution >= 0.6 is 11.6 Å². The predicted molar refractivity (Wildman–Crippen MR) is 123 cm³/mol. The molecule has 3 atom stereocenters. The second-order valence-corrected chi connectivity index (χ2v) is 9.67. The lowest BCUT2D eigenvalue weighted by atomic mass is 9.92. The first kappa shape index (κ1) is 26.0. The Kier molecular flexibility index (Phi) is 9.35. The van der Waals surface area contributed by atoms with E-state index in [1.54, 1.807) is 30.6 Å². The van der Waals surface area contributed by atoms with Crippen LogP contribution in [0.25, 0.3) is 0 Å². The molecule has 1 aromatic heterocycles. The fourth-order valence-electron chi connectivity index (χ4n) is 4.04. The Hall–Kier alpha value is -2.30. The summed E-state index contributed by atoms with van der Waals surface area (Å²) in [5.74, 6) is -1.51. The zero-order valence-electron chi connectivity index (χ0n) is 17.5. The number of nitrogens with zero attached hydrogens (tertiary/aromatic N) is 2. The van der Waals surface area contributed by atoms with Gasteiger partial charge in [0.2, 0.25) is 10.0 Å². The largest absolute Gasteiger partial charge is 0.481 e. The Morgan fingerprint density at radius 3 is 2.66 bits per heavy atom. The molecule has 10 heteroatoms. The van der Waals surface area contributed by atoms with Crippen molar-refractivity contribution in [3.05, 3.63) is 72.0 Å². The molecule has 8 nitrogen and oxygen atoms in total. The molecule has 0 aliphatic carbocycles. The number of halogens is 1. The van der Waals surface area contributed by atoms with Gasteiger partial charge >= 0.3 is 5.97 Å². The van der Waals surface area contributed by atoms with Crippen LogP contribution in [0.2, 0.25) is 5.02 Å². The summed E-state index contributed by atoms with van der Waals surface area (Å²) in [7, 11) is -3.89. The molecule has 1 aliphatic rings. The van der Waals surface area contributed by atoms with Crippen molar-refractivity contribution in [2.24, 2.45) is 5.92 Å². The minimum atomic E-state index is -3.89. The highest BCUT2D eigenvalue weighted by Crippen LogP contribution is 2.34. The zero-order chi connectivity index (χ0) is 22.4. The lowest BCUT2D eigenvalue weighted by molar-refractivity contribution is -0.144. The van der Waals surface area contributed by atoms with Crippen molar-refractivity contribution >= 4 is 27.6 Å². The first-order valence-electron chi connectivity index (χ1n) is 10.1. The first-order chi connectivity index (χ1) is 14.8. The first-order valence-corrected chi connectivity index (χ1v) is 12.0. The molecule has 32 heavy (non-hydrogen) atoms. The number of carboxylic acids is 1. The van der Waals surface area contributed by atoms with E-state index in [9.17, 15) is 18.3 Å². The quantitative estimate of drug-likeness (QED) is 0.501. The van der Waals surface area contributed by atoms with Gasteiger partial charge in [-0.15, -0.1) is 6.58 Å². The number of allylic oxidation sites excluding steroid dienone is 1. The average molecular weight is 482 g/mol. The lowest BCUT2D eigenvalue weighted by Gasteiger charge is -2.36. The number of aliphatic carboxylic acids is 1. The molecular weight excluding hydrogens is 454 g/mol. The van der Waals surface area contributed by atoms with Gasteiger partial charge in [0, 0.05) is 35.6 Å². The van der Waals surface area contributed by atoms with E-state index in [1.807, 2.05) is 4.90 Å². The maximum atomic E-state index is 13.1.